The van der Waals surface area contributed by atoms with Crippen molar-refractivity contribution < 1.29 is 4.79 Å². The van der Waals surface area contributed by atoms with Crippen LogP contribution in [0.3, 0.4) is 0 Å². The van der Waals surface area contributed by atoms with Gasteiger partial charge in [0.2, 0.25) is 0 Å². The van der Waals surface area contributed by atoms with Crippen LogP contribution in [0.1, 0.15) is 33.6 Å². The molecule has 5 heteroatoms. The average molecular weight is 252 g/mol. The van der Waals surface area contributed by atoms with Gasteiger partial charge in [-0.25, -0.2) is 9.78 Å². The minimum Gasteiger partial charge on any atom is -0.338 e. The molecule has 0 saturated carbocycles. The van der Waals surface area contributed by atoms with E-state index in [-0.39, 0.29) is 12.1 Å². The van der Waals surface area contributed by atoms with E-state index in [1.54, 1.807) is 6.20 Å². The standard InChI is InChI=1S/C13H24N4O/c1-11(2)12(3)16-13(18)15-6-4-5-8-17-9-7-14-10-17/h7,9-12H,4-6,8H2,1-3H3,(H2,15,16,18). The summed E-state index contributed by atoms with van der Waals surface area (Å²) in [5, 5.41) is 5.79. The number of imidazole rings is 1. The van der Waals surface area contributed by atoms with E-state index in [1.165, 1.54) is 0 Å². The first-order valence-corrected chi connectivity index (χ1v) is 6.59. The lowest BCUT2D eigenvalue weighted by Gasteiger charge is -2.17. The first-order chi connectivity index (χ1) is 8.59. The fourth-order valence-electron chi connectivity index (χ4n) is 1.46. The number of amides is 2. The van der Waals surface area contributed by atoms with E-state index in [4.69, 9.17) is 0 Å². The van der Waals surface area contributed by atoms with Crippen LogP contribution in [0.25, 0.3) is 0 Å². The molecule has 0 aliphatic rings. The molecular weight excluding hydrogens is 228 g/mol. The van der Waals surface area contributed by atoms with E-state index in [2.05, 4.69) is 29.5 Å². The zero-order valence-electron chi connectivity index (χ0n) is 11.5. The Morgan fingerprint density at radius 3 is 2.72 bits per heavy atom. The fourth-order valence-corrected chi connectivity index (χ4v) is 1.46. The molecule has 18 heavy (non-hydrogen) atoms. The third kappa shape index (κ3) is 5.70. The molecule has 2 N–H and O–H groups in total. The SMILES string of the molecule is CC(C)C(C)NC(=O)NCCCCn1ccnc1. The average Bonchev–Trinajstić information content (AvgIpc) is 2.81. The molecule has 2 amide bonds. The molecule has 1 atom stereocenters. The van der Waals surface area contributed by atoms with Crippen molar-refractivity contribution in [1.29, 1.82) is 0 Å². The molecule has 0 aliphatic carbocycles. The highest BCUT2D eigenvalue weighted by atomic mass is 16.2. The molecule has 0 saturated heterocycles. The van der Waals surface area contributed by atoms with Crippen molar-refractivity contribution in [3.05, 3.63) is 18.7 Å². The van der Waals surface area contributed by atoms with Crippen molar-refractivity contribution in [2.24, 2.45) is 5.92 Å². The highest BCUT2D eigenvalue weighted by Crippen LogP contribution is 1.99. The van der Waals surface area contributed by atoms with E-state index >= 15 is 0 Å². The molecule has 1 rings (SSSR count). The Kier molecular flexibility index (Phi) is 6.25. The topological polar surface area (TPSA) is 59.0 Å². The number of nitrogens with zero attached hydrogens (tertiary/aromatic N) is 2. The minimum atomic E-state index is -0.0705. The first-order valence-electron chi connectivity index (χ1n) is 6.59. The van der Waals surface area contributed by atoms with Crippen molar-refractivity contribution in [3.63, 3.8) is 0 Å². The van der Waals surface area contributed by atoms with Gasteiger partial charge in [-0.15, -0.1) is 0 Å². The van der Waals surface area contributed by atoms with Crippen LogP contribution in [0.15, 0.2) is 18.7 Å². The summed E-state index contributed by atoms with van der Waals surface area (Å²) < 4.78 is 2.04. The molecule has 0 aliphatic heterocycles. The van der Waals surface area contributed by atoms with Gasteiger partial charge in [0.05, 0.1) is 6.33 Å². The van der Waals surface area contributed by atoms with Crippen LogP contribution in [0.4, 0.5) is 4.79 Å². The van der Waals surface area contributed by atoms with Crippen LogP contribution in [-0.4, -0.2) is 28.2 Å². The summed E-state index contributed by atoms with van der Waals surface area (Å²) in [6.07, 6.45) is 7.55. The Labute approximate surface area is 109 Å². The third-order valence-corrected chi connectivity index (χ3v) is 3.05. The van der Waals surface area contributed by atoms with E-state index in [0.717, 1.165) is 19.4 Å². The van der Waals surface area contributed by atoms with Crippen LogP contribution >= 0.6 is 0 Å². The lowest BCUT2D eigenvalue weighted by atomic mass is 10.1. The van der Waals surface area contributed by atoms with Gasteiger partial charge in [0.25, 0.3) is 0 Å². The summed E-state index contributed by atoms with van der Waals surface area (Å²) in [4.78, 5) is 15.5. The molecule has 1 unspecified atom stereocenters. The van der Waals surface area contributed by atoms with Gasteiger partial charge in [-0.1, -0.05) is 13.8 Å². The number of nitrogens with one attached hydrogen (secondary N) is 2. The minimum absolute atomic E-state index is 0.0705. The Balaban J connectivity index is 2.02. The van der Waals surface area contributed by atoms with Gasteiger partial charge in [-0.2, -0.15) is 0 Å². The molecule has 0 spiro atoms. The molecule has 1 aromatic rings. The number of urea groups is 1. The van der Waals surface area contributed by atoms with Crippen molar-refractivity contribution in [2.75, 3.05) is 6.54 Å². The number of unbranched alkanes of at least 4 members (excludes halogenated alkanes) is 1. The van der Waals surface area contributed by atoms with E-state index in [0.29, 0.717) is 12.5 Å². The highest BCUT2D eigenvalue weighted by Gasteiger charge is 2.09. The zero-order valence-corrected chi connectivity index (χ0v) is 11.5. The zero-order chi connectivity index (χ0) is 13.4. The predicted octanol–water partition coefficient (Wildman–Crippen LogP) is 2.01. The second-order valence-electron chi connectivity index (χ2n) is 4.94. The number of hydrogen-bond donors (Lipinski definition) is 2. The number of rotatable bonds is 7. The van der Waals surface area contributed by atoms with Crippen molar-refractivity contribution in [1.82, 2.24) is 20.2 Å². The Morgan fingerprint density at radius 2 is 2.11 bits per heavy atom. The van der Waals surface area contributed by atoms with Gasteiger partial charge in [0.15, 0.2) is 0 Å². The fraction of sp³-hybridized carbons (Fsp3) is 0.692. The molecule has 0 fully saturated rings. The van der Waals surface area contributed by atoms with Crippen LogP contribution < -0.4 is 10.6 Å². The highest BCUT2D eigenvalue weighted by molar-refractivity contribution is 5.74. The van der Waals surface area contributed by atoms with E-state index in [1.807, 2.05) is 24.0 Å². The monoisotopic (exact) mass is 252 g/mol. The predicted molar refractivity (Wildman–Crippen MR) is 72.3 cm³/mol. The molecular formula is C13H24N4O. The molecule has 1 heterocycles. The molecule has 0 bridgehead atoms. The molecule has 0 aromatic carbocycles. The number of aromatic nitrogens is 2. The van der Waals surface area contributed by atoms with Gasteiger partial charge in [-0.3, -0.25) is 0 Å². The maximum atomic E-state index is 11.5. The van der Waals surface area contributed by atoms with Gasteiger partial charge in [-0.05, 0) is 25.7 Å². The van der Waals surface area contributed by atoms with Gasteiger partial charge >= 0.3 is 6.03 Å². The van der Waals surface area contributed by atoms with Crippen LogP contribution in [0.5, 0.6) is 0 Å². The molecule has 1 aromatic heterocycles. The van der Waals surface area contributed by atoms with Crippen LogP contribution in [-0.2, 0) is 6.54 Å². The Hall–Kier alpha value is -1.52. The number of carbonyl (C=O) groups excluding carboxylic acids is 1. The van der Waals surface area contributed by atoms with E-state index in [9.17, 15) is 4.79 Å². The summed E-state index contributed by atoms with van der Waals surface area (Å²) >= 11 is 0. The second-order valence-corrected chi connectivity index (χ2v) is 4.94. The quantitative estimate of drug-likeness (QED) is 0.729. The number of hydrogen-bond acceptors (Lipinski definition) is 2. The van der Waals surface area contributed by atoms with Gasteiger partial charge in [0.1, 0.15) is 0 Å². The largest absolute Gasteiger partial charge is 0.338 e. The van der Waals surface area contributed by atoms with Crippen molar-refractivity contribution in [2.45, 2.75) is 46.2 Å². The Bertz CT molecular complexity index is 335. The number of carbonyl (C=O) groups is 1. The normalized spacial score (nSPS) is 12.4. The maximum absolute atomic E-state index is 11.5. The van der Waals surface area contributed by atoms with Crippen LogP contribution in [0, 0.1) is 5.92 Å². The van der Waals surface area contributed by atoms with Crippen molar-refractivity contribution >= 4 is 6.03 Å². The van der Waals surface area contributed by atoms with Gasteiger partial charge < -0.3 is 15.2 Å². The lowest BCUT2D eigenvalue weighted by molar-refractivity contribution is 0.234. The van der Waals surface area contributed by atoms with Crippen LogP contribution in [0.2, 0.25) is 0 Å². The third-order valence-electron chi connectivity index (χ3n) is 3.05. The lowest BCUT2D eigenvalue weighted by Crippen LogP contribution is -2.43. The van der Waals surface area contributed by atoms with E-state index < -0.39 is 0 Å². The van der Waals surface area contributed by atoms with Crippen molar-refractivity contribution in [3.8, 4) is 0 Å². The number of aryl methyl sites for hydroxylation is 1. The molecule has 102 valence electrons. The summed E-state index contributed by atoms with van der Waals surface area (Å²) in [5.74, 6) is 0.456. The maximum Gasteiger partial charge on any atom is 0.315 e. The Morgan fingerprint density at radius 1 is 1.33 bits per heavy atom. The first kappa shape index (κ1) is 14.5. The molecule has 0 radical (unpaired) electrons. The second kappa shape index (κ2) is 7.74. The smallest absolute Gasteiger partial charge is 0.315 e. The summed E-state index contributed by atoms with van der Waals surface area (Å²) in [6.45, 7) is 7.87. The van der Waals surface area contributed by atoms with Gasteiger partial charge in [0, 0.05) is 31.5 Å². The summed E-state index contributed by atoms with van der Waals surface area (Å²) in [5.41, 5.74) is 0. The summed E-state index contributed by atoms with van der Waals surface area (Å²) in [7, 11) is 0. The molecule has 5 nitrogen and oxygen atoms in total. The summed E-state index contributed by atoms with van der Waals surface area (Å²) in [6, 6.07) is 0.134.